The van der Waals surface area contributed by atoms with Gasteiger partial charge in [-0.05, 0) is 36.4 Å². The Morgan fingerprint density at radius 2 is 1.67 bits per heavy atom. The summed E-state index contributed by atoms with van der Waals surface area (Å²) in [5.74, 6) is 1.21. The lowest BCUT2D eigenvalue weighted by molar-refractivity contribution is 0.146. The summed E-state index contributed by atoms with van der Waals surface area (Å²) in [5.41, 5.74) is 0.634. The quantitative estimate of drug-likeness (QED) is 0.828. The van der Waals surface area contributed by atoms with Gasteiger partial charge in [-0.25, -0.2) is 4.79 Å². The van der Waals surface area contributed by atoms with Crippen LogP contribution in [-0.4, -0.2) is 26.4 Å². The van der Waals surface area contributed by atoms with Crippen LogP contribution < -0.4 is 14.8 Å². The fraction of sp³-hybridized carbons (Fsp3) is 0.188. The first-order valence-corrected chi connectivity index (χ1v) is 6.53. The number of hydrogen-bond donors (Lipinski definition) is 1. The Kier molecular flexibility index (Phi) is 5.60. The van der Waals surface area contributed by atoms with Gasteiger partial charge >= 0.3 is 6.09 Å². The number of nitrogens with one attached hydrogen (secondary N) is 1. The van der Waals surface area contributed by atoms with Crippen LogP contribution in [0.4, 0.5) is 10.5 Å². The molecule has 0 saturated carbocycles. The van der Waals surface area contributed by atoms with Crippen LogP contribution >= 0.6 is 0 Å². The molecule has 0 fully saturated rings. The average molecular weight is 287 g/mol. The summed E-state index contributed by atoms with van der Waals surface area (Å²) in [7, 11) is 1.62. The number of carbonyl (C=O) groups excluding carboxylic acids is 1. The zero-order valence-corrected chi connectivity index (χ0v) is 11.7. The highest BCUT2D eigenvalue weighted by atomic mass is 16.6. The van der Waals surface area contributed by atoms with Crippen molar-refractivity contribution in [1.29, 1.82) is 0 Å². The summed E-state index contributed by atoms with van der Waals surface area (Å²) in [6.07, 6.45) is -0.533. The molecule has 0 saturated heterocycles. The number of hydrogen-bond acceptors (Lipinski definition) is 4. The van der Waals surface area contributed by atoms with Gasteiger partial charge in [-0.1, -0.05) is 18.2 Å². The van der Waals surface area contributed by atoms with Gasteiger partial charge in [0.15, 0.2) is 0 Å². The molecule has 0 unspecified atom stereocenters. The van der Waals surface area contributed by atoms with E-state index in [1.165, 1.54) is 0 Å². The molecule has 1 amide bonds. The number of carbonyl (C=O) groups is 1. The van der Waals surface area contributed by atoms with Crippen LogP contribution in [0.3, 0.4) is 0 Å². The molecule has 0 aliphatic heterocycles. The first-order chi connectivity index (χ1) is 10.3. The van der Waals surface area contributed by atoms with Crippen molar-refractivity contribution in [2.24, 2.45) is 0 Å². The summed E-state index contributed by atoms with van der Waals surface area (Å²) >= 11 is 0. The molecule has 0 aromatic heterocycles. The van der Waals surface area contributed by atoms with Crippen molar-refractivity contribution in [3.05, 3.63) is 54.6 Å². The van der Waals surface area contributed by atoms with E-state index in [4.69, 9.17) is 14.2 Å². The highest BCUT2D eigenvalue weighted by Gasteiger charge is 2.04. The third-order valence-corrected chi connectivity index (χ3v) is 2.61. The first kappa shape index (κ1) is 14.9. The summed E-state index contributed by atoms with van der Waals surface area (Å²) in [4.78, 5) is 11.7. The van der Waals surface area contributed by atoms with E-state index in [0.717, 1.165) is 0 Å². The number of anilines is 1. The molecule has 2 rings (SSSR count). The fourth-order valence-electron chi connectivity index (χ4n) is 1.62. The molecule has 21 heavy (non-hydrogen) atoms. The lowest BCUT2D eigenvalue weighted by Crippen LogP contribution is -2.16. The van der Waals surface area contributed by atoms with Crippen molar-refractivity contribution in [3.8, 4) is 11.5 Å². The number of amides is 1. The van der Waals surface area contributed by atoms with E-state index in [-0.39, 0.29) is 0 Å². The lowest BCUT2D eigenvalue weighted by Gasteiger charge is -2.08. The Morgan fingerprint density at radius 3 is 2.33 bits per heavy atom. The van der Waals surface area contributed by atoms with E-state index >= 15 is 0 Å². The zero-order valence-electron chi connectivity index (χ0n) is 11.7. The highest BCUT2D eigenvalue weighted by Crippen LogP contribution is 2.16. The molecule has 0 aliphatic carbocycles. The fourth-order valence-corrected chi connectivity index (χ4v) is 1.62. The SMILES string of the molecule is COCCOc1ccc(NC(=O)Oc2ccccc2)cc1. The maximum Gasteiger partial charge on any atom is 0.417 e. The molecular formula is C16H17NO4. The number of ether oxygens (including phenoxy) is 3. The van der Waals surface area contributed by atoms with Crippen LogP contribution in [0.2, 0.25) is 0 Å². The minimum absolute atomic E-state index is 0.485. The average Bonchev–Trinajstić information content (AvgIpc) is 2.50. The van der Waals surface area contributed by atoms with Gasteiger partial charge in [-0.3, -0.25) is 5.32 Å². The van der Waals surface area contributed by atoms with Gasteiger partial charge in [-0.15, -0.1) is 0 Å². The summed E-state index contributed by atoms with van der Waals surface area (Å²) in [5, 5.41) is 2.64. The van der Waals surface area contributed by atoms with Crippen molar-refractivity contribution in [3.63, 3.8) is 0 Å². The van der Waals surface area contributed by atoms with Gasteiger partial charge in [0.05, 0.1) is 6.61 Å². The topological polar surface area (TPSA) is 56.8 Å². The molecule has 0 heterocycles. The second-order valence-electron chi connectivity index (χ2n) is 4.19. The van der Waals surface area contributed by atoms with E-state index in [9.17, 15) is 4.79 Å². The second kappa shape index (κ2) is 7.91. The van der Waals surface area contributed by atoms with Crippen molar-refractivity contribution < 1.29 is 19.0 Å². The number of methoxy groups -OCH3 is 1. The Hall–Kier alpha value is -2.53. The lowest BCUT2D eigenvalue weighted by atomic mass is 10.3. The van der Waals surface area contributed by atoms with Crippen molar-refractivity contribution in [2.45, 2.75) is 0 Å². The molecule has 2 aromatic rings. The predicted octanol–water partition coefficient (Wildman–Crippen LogP) is 3.32. The molecule has 0 bridgehead atoms. The van der Waals surface area contributed by atoms with Gasteiger partial charge in [0.25, 0.3) is 0 Å². The molecule has 5 nitrogen and oxygen atoms in total. The number of para-hydroxylation sites is 1. The van der Waals surface area contributed by atoms with Gasteiger partial charge in [0.2, 0.25) is 0 Å². The molecule has 0 spiro atoms. The molecular weight excluding hydrogens is 270 g/mol. The van der Waals surface area contributed by atoms with Crippen LogP contribution in [0.25, 0.3) is 0 Å². The molecule has 0 aliphatic rings. The molecule has 0 atom stereocenters. The van der Waals surface area contributed by atoms with Gasteiger partial charge < -0.3 is 14.2 Å². The van der Waals surface area contributed by atoms with Crippen molar-refractivity contribution in [1.82, 2.24) is 0 Å². The smallest absolute Gasteiger partial charge is 0.417 e. The first-order valence-electron chi connectivity index (χ1n) is 6.53. The van der Waals surface area contributed by atoms with Crippen LogP contribution in [0.15, 0.2) is 54.6 Å². The normalized spacial score (nSPS) is 9.95. The third-order valence-electron chi connectivity index (χ3n) is 2.61. The maximum absolute atomic E-state index is 11.7. The minimum Gasteiger partial charge on any atom is -0.491 e. The van der Waals surface area contributed by atoms with Gasteiger partial charge in [0, 0.05) is 12.8 Å². The third kappa shape index (κ3) is 5.16. The highest BCUT2D eigenvalue weighted by molar-refractivity contribution is 5.86. The molecule has 110 valence electrons. The Balaban J connectivity index is 1.83. The molecule has 0 radical (unpaired) electrons. The summed E-state index contributed by atoms with van der Waals surface area (Å²) in [6, 6.07) is 15.9. The van der Waals surface area contributed by atoms with E-state index < -0.39 is 6.09 Å². The van der Waals surface area contributed by atoms with E-state index in [1.54, 1.807) is 55.6 Å². The predicted molar refractivity (Wildman–Crippen MR) is 79.9 cm³/mol. The summed E-state index contributed by atoms with van der Waals surface area (Å²) < 4.78 is 15.5. The minimum atomic E-state index is -0.533. The van der Waals surface area contributed by atoms with Crippen LogP contribution in [0.1, 0.15) is 0 Å². The largest absolute Gasteiger partial charge is 0.491 e. The van der Waals surface area contributed by atoms with Crippen LogP contribution in [0.5, 0.6) is 11.5 Å². The number of benzene rings is 2. The number of rotatable bonds is 6. The van der Waals surface area contributed by atoms with E-state index in [1.807, 2.05) is 6.07 Å². The van der Waals surface area contributed by atoms with Crippen LogP contribution in [0, 0.1) is 0 Å². The van der Waals surface area contributed by atoms with Gasteiger partial charge in [-0.2, -0.15) is 0 Å². The van der Waals surface area contributed by atoms with Crippen molar-refractivity contribution in [2.75, 3.05) is 25.6 Å². The van der Waals surface area contributed by atoms with E-state index in [0.29, 0.717) is 30.4 Å². The Morgan fingerprint density at radius 1 is 0.952 bits per heavy atom. The Bertz CT molecular complexity index is 554. The van der Waals surface area contributed by atoms with Crippen LogP contribution in [-0.2, 0) is 4.74 Å². The second-order valence-corrected chi connectivity index (χ2v) is 4.19. The van der Waals surface area contributed by atoms with Gasteiger partial charge in [0.1, 0.15) is 18.1 Å². The maximum atomic E-state index is 11.7. The Labute approximate surface area is 123 Å². The van der Waals surface area contributed by atoms with Crippen molar-refractivity contribution >= 4 is 11.8 Å². The zero-order chi connectivity index (χ0) is 14.9. The monoisotopic (exact) mass is 287 g/mol. The molecule has 5 heteroatoms. The summed E-state index contributed by atoms with van der Waals surface area (Å²) in [6.45, 7) is 1.02. The standard InChI is InChI=1S/C16H17NO4/c1-19-11-12-20-14-9-7-13(8-10-14)17-16(18)21-15-5-3-2-4-6-15/h2-10H,11-12H2,1H3,(H,17,18). The molecule has 2 aromatic carbocycles. The van der Waals surface area contributed by atoms with E-state index in [2.05, 4.69) is 5.32 Å². The molecule has 1 N–H and O–H groups in total.